The average molecular weight is 387 g/mol. The molecule has 0 unspecified atom stereocenters. The second kappa shape index (κ2) is 7.44. The second-order valence-electron chi connectivity index (χ2n) is 7.43. The van der Waals surface area contributed by atoms with E-state index in [0.717, 1.165) is 11.0 Å². The predicted molar refractivity (Wildman–Crippen MR) is 110 cm³/mol. The maximum Gasteiger partial charge on any atom is 0.280 e. The number of imidazole rings is 1. The van der Waals surface area contributed by atoms with Crippen LogP contribution in [0.2, 0.25) is 0 Å². The quantitative estimate of drug-likeness (QED) is 0.563. The zero-order valence-electron chi connectivity index (χ0n) is 16.2. The molecule has 0 saturated carbocycles. The highest BCUT2D eigenvalue weighted by atomic mass is 16.3. The zero-order chi connectivity index (χ0) is 20.4. The Morgan fingerprint density at radius 3 is 2.59 bits per heavy atom. The number of benzene rings is 1. The van der Waals surface area contributed by atoms with Crippen LogP contribution in [-0.2, 0) is 6.54 Å². The van der Waals surface area contributed by atoms with Crippen LogP contribution < -0.4 is 5.62 Å². The maximum absolute atomic E-state index is 12.9. The molecule has 0 saturated heterocycles. The summed E-state index contributed by atoms with van der Waals surface area (Å²) in [5.74, 6) is -0.402. The first kappa shape index (κ1) is 18.8. The van der Waals surface area contributed by atoms with E-state index in [4.69, 9.17) is 0 Å². The van der Waals surface area contributed by atoms with E-state index < -0.39 is 11.5 Å². The number of fused-ring (bicyclic) bond motifs is 1. The molecular formula is C22H21N5O2. The number of rotatable bonds is 4. The van der Waals surface area contributed by atoms with E-state index in [9.17, 15) is 9.90 Å². The van der Waals surface area contributed by atoms with Crippen molar-refractivity contribution in [3.8, 4) is 11.4 Å². The van der Waals surface area contributed by atoms with Crippen LogP contribution in [0.4, 0.5) is 0 Å². The van der Waals surface area contributed by atoms with Crippen LogP contribution in [0.15, 0.2) is 72.0 Å². The van der Waals surface area contributed by atoms with Crippen LogP contribution in [0.5, 0.6) is 0 Å². The summed E-state index contributed by atoms with van der Waals surface area (Å²) in [6.45, 7) is 3.73. The van der Waals surface area contributed by atoms with Crippen molar-refractivity contribution in [3.05, 3.63) is 78.2 Å². The fourth-order valence-corrected chi connectivity index (χ4v) is 3.13. The Kier molecular flexibility index (Phi) is 4.82. The standard InChI is InChI=1S/C22H21N5O2/c1-22(2,29)14-27-19-9-4-3-8-17(19)25-21(27)26-20(28)15-10-12-24-18(13-15)16-7-5-6-11-23-16/h3-13,29H,14H2,1-2H3,(H,25,26,28). The van der Waals surface area contributed by atoms with E-state index in [0.29, 0.717) is 29.1 Å². The molecule has 2 N–H and O–H groups in total. The molecule has 0 bridgehead atoms. The van der Waals surface area contributed by atoms with Gasteiger partial charge in [0, 0.05) is 18.0 Å². The SMILES string of the molecule is CC(C)(O)Cn1/c(=N/C(=O)c2ccnc(-c3ccccn3)c2)[nH]c2ccccc21. The first-order valence-corrected chi connectivity index (χ1v) is 9.27. The lowest BCUT2D eigenvalue weighted by atomic mass is 10.1. The van der Waals surface area contributed by atoms with Crippen LogP contribution in [0.1, 0.15) is 24.2 Å². The summed E-state index contributed by atoms with van der Waals surface area (Å²) in [6, 6.07) is 16.5. The van der Waals surface area contributed by atoms with Crippen molar-refractivity contribution in [1.29, 1.82) is 0 Å². The third-order valence-corrected chi connectivity index (χ3v) is 4.38. The summed E-state index contributed by atoms with van der Waals surface area (Å²) >= 11 is 0. The lowest BCUT2D eigenvalue weighted by molar-refractivity contribution is 0.0612. The molecule has 1 amide bonds. The van der Waals surface area contributed by atoms with E-state index in [1.165, 1.54) is 0 Å². The number of aromatic amines is 1. The Balaban J connectivity index is 1.78. The number of aliphatic hydroxyl groups is 1. The fraction of sp³-hybridized carbons (Fsp3) is 0.182. The van der Waals surface area contributed by atoms with Crippen LogP contribution >= 0.6 is 0 Å². The monoisotopic (exact) mass is 387 g/mol. The van der Waals surface area contributed by atoms with Gasteiger partial charge in [-0.2, -0.15) is 4.99 Å². The number of aromatic nitrogens is 4. The van der Waals surface area contributed by atoms with Gasteiger partial charge in [0.1, 0.15) is 0 Å². The van der Waals surface area contributed by atoms with Crippen molar-refractivity contribution in [2.75, 3.05) is 0 Å². The Bertz CT molecular complexity index is 1230. The number of H-pyrrole nitrogens is 1. The van der Waals surface area contributed by atoms with Crippen LogP contribution in [0.25, 0.3) is 22.4 Å². The first-order valence-electron chi connectivity index (χ1n) is 9.27. The molecule has 0 atom stereocenters. The van der Waals surface area contributed by atoms with Gasteiger partial charge in [0.05, 0.1) is 34.6 Å². The number of carbonyl (C=O) groups is 1. The van der Waals surface area contributed by atoms with E-state index >= 15 is 0 Å². The Labute approximate surface area is 167 Å². The van der Waals surface area contributed by atoms with E-state index in [1.54, 1.807) is 38.4 Å². The minimum absolute atomic E-state index is 0.290. The number of pyridine rings is 2. The molecule has 0 spiro atoms. The Morgan fingerprint density at radius 1 is 1.07 bits per heavy atom. The van der Waals surface area contributed by atoms with Crippen molar-refractivity contribution < 1.29 is 9.90 Å². The lowest BCUT2D eigenvalue weighted by Crippen LogP contribution is -2.32. The molecule has 0 fully saturated rings. The van der Waals surface area contributed by atoms with Crippen molar-refractivity contribution in [2.45, 2.75) is 26.0 Å². The molecule has 1 aromatic carbocycles. The molecule has 0 aliphatic rings. The number of nitrogens with one attached hydrogen (secondary N) is 1. The molecule has 29 heavy (non-hydrogen) atoms. The third-order valence-electron chi connectivity index (χ3n) is 4.38. The molecular weight excluding hydrogens is 366 g/mol. The maximum atomic E-state index is 12.9. The normalized spacial score (nSPS) is 12.4. The van der Waals surface area contributed by atoms with Gasteiger partial charge in [0.15, 0.2) is 0 Å². The molecule has 7 heteroatoms. The number of hydrogen-bond acceptors (Lipinski definition) is 4. The summed E-state index contributed by atoms with van der Waals surface area (Å²) in [5.41, 5.74) is 2.82. The second-order valence-corrected chi connectivity index (χ2v) is 7.43. The van der Waals surface area contributed by atoms with Gasteiger partial charge in [0.2, 0.25) is 5.62 Å². The molecule has 0 radical (unpaired) electrons. The highest BCUT2D eigenvalue weighted by Crippen LogP contribution is 2.16. The number of carbonyl (C=O) groups excluding carboxylic acids is 1. The lowest BCUT2D eigenvalue weighted by Gasteiger charge is -2.18. The van der Waals surface area contributed by atoms with Crippen LogP contribution in [-0.4, -0.2) is 36.1 Å². The number of nitrogens with zero attached hydrogens (tertiary/aromatic N) is 4. The van der Waals surface area contributed by atoms with Crippen molar-refractivity contribution in [3.63, 3.8) is 0 Å². The van der Waals surface area contributed by atoms with Gasteiger partial charge in [0.25, 0.3) is 5.91 Å². The van der Waals surface area contributed by atoms with Crippen molar-refractivity contribution >= 4 is 16.9 Å². The van der Waals surface area contributed by atoms with Gasteiger partial charge in [-0.1, -0.05) is 18.2 Å². The zero-order valence-corrected chi connectivity index (χ0v) is 16.2. The topological polar surface area (TPSA) is 96.2 Å². The smallest absolute Gasteiger partial charge is 0.280 e. The van der Waals surface area contributed by atoms with E-state index in [2.05, 4.69) is 19.9 Å². The van der Waals surface area contributed by atoms with Crippen molar-refractivity contribution in [1.82, 2.24) is 19.5 Å². The van der Waals surface area contributed by atoms with Gasteiger partial charge in [-0.15, -0.1) is 0 Å². The summed E-state index contributed by atoms with van der Waals surface area (Å²) in [6.07, 6.45) is 3.25. The van der Waals surface area contributed by atoms with Gasteiger partial charge in [-0.05, 0) is 50.2 Å². The van der Waals surface area contributed by atoms with Crippen molar-refractivity contribution in [2.24, 2.45) is 4.99 Å². The minimum Gasteiger partial charge on any atom is -0.389 e. The average Bonchev–Trinajstić information content (AvgIpc) is 3.04. The fourth-order valence-electron chi connectivity index (χ4n) is 3.13. The third kappa shape index (κ3) is 4.14. The summed E-state index contributed by atoms with van der Waals surface area (Å²) in [5, 5.41) is 10.3. The minimum atomic E-state index is -0.967. The molecule has 3 aromatic heterocycles. The Hall–Kier alpha value is -3.58. The van der Waals surface area contributed by atoms with Gasteiger partial charge in [-0.25, -0.2) is 0 Å². The highest BCUT2D eigenvalue weighted by molar-refractivity contribution is 5.95. The predicted octanol–water partition coefficient (Wildman–Crippen LogP) is 2.94. The van der Waals surface area contributed by atoms with Crippen LogP contribution in [0.3, 0.4) is 0 Å². The first-order chi connectivity index (χ1) is 13.9. The van der Waals surface area contributed by atoms with Crippen LogP contribution in [0, 0.1) is 0 Å². The summed E-state index contributed by atoms with van der Waals surface area (Å²) in [7, 11) is 0. The molecule has 4 aromatic rings. The largest absolute Gasteiger partial charge is 0.389 e. The molecule has 0 aliphatic carbocycles. The molecule has 146 valence electrons. The molecule has 4 rings (SSSR count). The highest BCUT2D eigenvalue weighted by Gasteiger charge is 2.17. The summed E-state index contributed by atoms with van der Waals surface area (Å²) < 4.78 is 1.81. The number of para-hydroxylation sites is 2. The van der Waals surface area contributed by atoms with E-state index in [1.807, 2.05) is 47.0 Å². The molecule has 3 heterocycles. The number of hydrogen-bond donors (Lipinski definition) is 2. The number of amides is 1. The Morgan fingerprint density at radius 2 is 1.83 bits per heavy atom. The summed E-state index contributed by atoms with van der Waals surface area (Å²) in [4.78, 5) is 28.9. The molecule has 0 aliphatic heterocycles. The van der Waals surface area contributed by atoms with Gasteiger partial charge < -0.3 is 14.7 Å². The molecule has 7 nitrogen and oxygen atoms in total. The van der Waals surface area contributed by atoms with E-state index in [-0.39, 0.29) is 0 Å². The van der Waals surface area contributed by atoms with Gasteiger partial charge in [-0.3, -0.25) is 14.8 Å². The van der Waals surface area contributed by atoms with Gasteiger partial charge >= 0.3 is 0 Å².